The molecule has 0 aromatic carbocycles. The molecule has 1 amide bonds. The van der Waals surface area contributed by atoms with Crippen LogP contribution in [0, 0.1) is 5.92 Å². The highest BCUT2D eigenvalue weighted by Gasteiger charge is 2.40. The second kappa shape index (κ2) is 4.45. The van der Waals surface area contributed by atoms with Crippen LogP contribution in [0.5, 0.6) is 0 Å². The zero-order valence-corrected chi connectivity index (χ0v) is 9.55. The molecule has 0 aliphatic carbocycles. The predicted molar refractivity (Wildman–Crippen MR) is 62.5 cm³/mol. The van der Waals surface area contributed by atoms with E-state index in [1.165, 1.54) is 0 Å². The second-order valence-corrected chi connectivity index (χ2v) is 4.84. The summed E-state index contributed by atoms with van der Waals surface area (Å²) in [5, 5.41) is 2.93. The van der Waals surface area contributed by atoms with Crippen LogP contribution in [0.4, 0.5) is 0 Å². The van der Waals surface area contributed by atoms with Crippen molar-refractivity contribution < 1.29 is 4.79 Å². The number of nitrogens with one attached hydrogen (secondary N) is 1. The van der Waals surface area contributed by atoms with E-state index in [2.05, 4.69) is 10.2 Å². The number of thiocarbonyl (C=S) groups is 1. The first-order valence-electron chi connectivity index (χ1n) is 5.48. The Morgan fingerprint density at radius 1 is 1.67 bits per heavy atom. The maximum absolute atomic E-state index is 11.5. The van der Waals surface area contributed by atoms with Crippen LogP contribution in [0.1, 0.15) is 19.3 Å². The minimum atomic E-state index is 0.199. The summed E-state index contributed by atoms with van der Waals surface area (Å²) >= 11 is 4.88. The van der Waals surface area contributed by atoms with Gasteiger partial charge in [-0.15, -0.1) is 0 Å². The largest absolute Gasteiger partial charge is 0.393 e. The third kappa shape index (κ3) is 2.29. The molecule has 2 rings (SSSR count). The van der Waals surface area contributed by atoms with Gasteiger partial charge in [-0.2, -0.15) is 0 Å². The van der Waals surface area contributed by atoms with E-state index in [1.807, 2.05) is 0 Å². The van der Waals surface area contributed by atoms with Gasteiger partial charge in [-0.05, 0) is 19.4 Å². The third-order valence-corrected chi connectivity index (χ3v) is 3.57. The SMILES string of the molecule is NC(=S)CCN1CCCC2C(=O)NCC21. The molecule has 0 aromatic rings. The second-order valence-electron chi connectivity index (χ2n) is 4.31. The Bertz CT molecular complexity index is 282. The van der Waals surface area contributed by atoms with E-state index in [0.29, 0.717) is 11.0 Å². The van der Waals surface area contributed by atoms with Gasteiger partial charge in [0.2, 0.25) is 5.91 Å². The van der Waals surface area contributed by atoms with Crippen LogP contribution >= 0.6 is 12.2 Å². The van der Waals surface area contributed by atoms with Crippen molar-refractivity contribution in [2.75, 3.05) is 19.6 Å². The molecule has 2 atom stereocenters. The maximum atomic E-state index is 11.5. The highest BCUT2D eigenvalue weighted by atomic mass is 32.1. The maximum Gasteiger partial charge on any atom is 0.224 e. The highest BCUT2D eigenvalue weighted by Crippen LogP contribution is 2.27. The molecule has 2 aliphatic heterocycles. The van der Waals surface area contributed by atoms with Crippen LogP contribution in [0.15, 0.2) is 0 Å². The van der Waals surface area contributed by atoms with Gasteiger partial charge in [0.1, 0.15) is 0 Å². The molecule has 0 saturated carbocycles. The lowest BCUT2D eigenvalue weighted by Gasteiger charge is -2.35. The van der Waals surface area contributed by atoms with Gasteiger partial charge in [0, 0.05) is 25.6 Å². The zero-order valence-electron chi connectivity index (χ0n) is 8.74. The minimum absolute atomic E-state index is 0.199. The number of hydrogen-bond donors (Lipinski definition) is 2. The summed E-state index contributed by atoms with van der Waals surface area (Å²) in [7, 11) is 0. The molecule has 15 heavy (non-hydrogen) atoms. The first kappa shape index (κ1) is 10.8. The summed E-state index contributed by atoms with van der Waals surface area (Å²) in [6, 6.07) is 0.376. The van der Waals surface area contributed by atoms with Gasteiger partial charge in [-0.1, -0.05) is 12.2 Å². The van der Waals surface area contributed by atoms with Crippen LogP contribution in [0.25, 0.3) is 0 Å². The summed E-state index contributed by atoms with van der Waals surface area (Å²) in [6.07, 6.45) is 2.89. The Kier molecular flexibility index (Phi) is 3.21. The van der Waals surface area contributed by atoms with E-state index >= 15 is 0 Å². The lowest BCUT2D eigenvalue weighted by molar-refractivity contribution is -0.124. The summed E-state index contributed by atoms with van der Waals surface area (Å²) < 4.78 is 0. The average Bonchev–Trinajstić information content (AvgIpc) is 2.58. The fourth-order valence-corrected chi connectivity index (χ4v) is 2.66. The average molecular weight is 227 g/mol. The molecule has 2 fully saturated rings. The van der Waals surface area contributed by atoms with Gasteiger partial charge in [-0.3, -0.25) is 9.69 Å². The number of nitrogens with two attached hydrogens (primary N) is 1. The Morgan fingerprint density at radius 3 is 3.20 bits per heavy atom. The molecule has 4 nitrogen and oxygen atoms in total. The van der Waals surface area contributed by atoms with Crippen LogP contribution < -0.4 is 11.1 Å². The van der Waals surface area contributed by atoms with Gasteiger partial charge in [0.25, 0.3) is 0 Å². The van der Waals surface area contributed by atoms with Crippen molar-refractivity contribution >= 4 is 23.1 Å². The standard InChI is InChI=1S/C10H17N3OS/c11-9(15)3-5-13-4-1-2-7-8(13)6-12-10(7)14/h7-8H,1-6H2,(H2,11,15)(H,12,14). The van der Waals surface area contributed by atoms with Gasteiger partial charge in [-0.25, -0.2) is 0 Å². The van der Waals surface area contributed by atoms with Crippen molar-refractivity contribution in [3.63, 3.8) is 0 Å². The number of nitrogens with zero attached hydrogens (tertiary/aromatic N) is 1. The normalized spacial score (nSPS) is 31.1. The fraction of sp³-hybridized carbons (Fsp3) is 0.800. The van der Waals surface area contributed by atoms with Crippen molar-refractivity contribution in [3.8, 4) is 0 Å². The van der Waals surface area contributed by atoms with E-state index in [-0.39, 0.29) is 11.8 Å². The third-order valence-electron chi connectivity index (χ3n) is 3.36. The summed E-state index contributed by atoms with van der Waals surface area (Å²) in [5.41, 5.74) is 5.50. The quantitative estimate of drug-likeness (QED) is 0.660. The molecular weight excluding hydrogens is 210 g/mol. The van der Waals surface area contributed by atoms with E-state index in [0.717, 1.165) is 38.9 Å². The number of piperidine rings is 1. The molecular formula is C10H17N3OS. The molecule has 5 heteroatoms. The Hall–Kier alpha value is -0.680. The molecule has 0 aromatic heterocycles. The van der Waals surface area contributed by atoms with Crippen molar-refractivity contribution in [3.05, 3.63) is 0 Å². The smallest absolute Gasteiger partial charge is 0.224 e. The summed E-state index contributed by atoms with van der Waals surface area (Å²) in [4.78, 5) is 14.4. The number of carbonyl (C=O) groups is 1. The van der Waals surface area contributed by atoms with Crippen LogP contribution in [-0.2, 0) is 4.79 Å². The molecule has 3 N–H and O–H groups in total. The monoisotopic (exact) mass is 227 g/mol. The first-order chi connectivity index (χ1) is 7.18. The number of fused-ring (bicyclic) bond motifs is 1. The lowest BCUT2D eigenvalue weighted by Crippen LogP contribution is -2.46. The fourth-order valence-electron chi connectivity index (χ4n) is 2.57. The van der Waals surface area contributed by atoms with E-state index in [1.54, 1.807) is 0 Å². The van der Waals surface area contributed by atoms with Gasteiger partial charge >= 0.3 is 0 Å². The van der Waals surface area contributed by atoms with Crippen LogP contribution in [0.3, 0.4) is 0 Å². The van der Waals surface area contributed by atoms with Gasteiger partial charge in [0.15, 0.2) is 0 Å². The van der Waals surface area contributed by atoms with Gasteiger partial charge in [0.05, 0.1) is 10.9 Å². The molecule has 0 radical (unpaired) electrons. The molecule has 84 valence electrons. The Labute approximate surface area is 95.2 Å². The summed E-state index contributed by atoms with van der Waals surface area (Å²) in [6.45, 7) is 2.75. The Balaban J connectivity index is 1.94. The lowest BCUT2D eigenvalue weighted by atomic mass is 9.91. The van der Waals surface area contributed by atoms with Crippen molar-refractivity contribution in [2.24, 2.45) is 11.7 Å². The minimum Gasteiger partial charge on any atom is -0.393 e. The predicted octanol–water partition coefficient (Wildman–Crippen LogP) is -0.127. The molecule has 2 unspecified atom stereocenters. The first-order valence-corrected chi connectivity index (χ1v) is 5.89. The molecule has 0 bridgehead atoms. The number of likely N-dealkylation sites (tertiary alicyclic amines) is 1. The molecule has 0 spiro atoms. The van der Waals surface area contributed by atoms with Gasteiger partial charge < -0.3 is 11.1 Å². The van der Waals surface area contributed by atoms with E-state index in [9.17, 15) is 4.79 Å². The highest BCUT2D eigenvalue weighted by molar-refractivity contribution is 7.80. The number of hydrogen-bond acceptors (Lipinski definition) is 3. The number of amides is 1. The summed E-state index contributed by atoms with van der Waals surface area (Å²) in [5.74, 6) is 0.421. The van der Waals surface area contributed by atoms with Crippen molar-refractivity contribution in [1.82, 2.24) is 10.2 Å². The molecule has 2 heterocycles. The number of rotatable bonds is 3. The van der Waals surface area contributed by atoms with Crippen LogP contribution in [0.2, 0.25) is 0 Å². The molecule has 2 aliphatic rings. The van der Waals surface area contributed by atoms with Crippen LogP contribution in [-0.4, -0.2) is 41.5 Å². The van der Waals surface area contributed by atoms with E-state index < -0.39 is 0 Å². The number of carbonyl (C=O) groups excluding carboxylic acids is 1. The van der Waals surface area contributed by atoms with Crippen molar-refractivity contribution in [1.29, 1.82) is 0 Å². The van der Waals surface area contributed by atoms with Crippen molar-refractivity contribution in [2.45, 2.75) is 25.3 Å². The zero-order chi connectivity index (χ0) is 10.8. The topological polar surface area (TPSA) is 58.4 Å². The van der Waals surface area contributed by atoms with E-state index in [4.69, 9.17) is 18.0 Å². The molecule has 2 saturated heterocycles. The Morgan fingerprint density at radius 2 is 2.47 bits per heavy atom.